The molecule has 1 unspecified atom stereocenters. The van der Waals surface area contributed by atoms with Gasteiger partial charge in [-0.3, -0.25) is 9.89 Å². The number of fused-ring (bicyclic) bond motifs is 2. The average molecular weight is 397 g/mol. The predicted molar refractivity (Wildman–Crippen MR) is 108 cm³/mol. The molecule has 1 atom stereocenters. The summed E-state index contributed by atoms with van der Waals surface area (Å²) in [4.78, 5) is 19.3. The lowest BCUT2D eigenvalue weighted by molar-refractivity contribution is -0.130. The van der Waals surface area contributed by atoms with Gasteiger partial charge in [0.1, 0.15) is 0 Å². The van der Waals surface area contributed by atoms with E-state index in [4.69, 9.17) is 4.74 Å². The molecule has 0 aliphatic carbocycles. The molecule has 1 fully saturated rings. The Morgan fingerprint density at radius 1 is 1.36 bits per heavy atom. The van der Waals surface area contributed by atoms with E-state index in [1.165, 1.54) is 16.0 Å². The van der Waals surface area contributed by atoms with Gasteiger partial charge in [0, 0.05) is 43.1 Å². The molecule has 7 heteroatoms. The summed E-state index contributed by atoms with van der Waals surface area (Å²) in [5, 5.41) is 8.84. The van der Waals surface area contributed by atoms with E-state index in [1.54, 1.807) is 11.3 Å². The number of aromatic nitrogens is 3. The van der Waals surface area contributed by atoms with Gasteiger partial charge < -0.3 is 9.64 Å². The first-order valence-corrected chi connectivity index (χ1v) is 10.9. The van der Waals surface area contributed by atoms with Crippen LogP contribution in [-0.4, -0.2) is 45.7 Å². The zero-order valence-electron chi connectivity index (χ0n) is 15.8. The molecular formula is C21H24N4O2S. The van der Waals surface area contributed by atoms with Crippen molar-refractivity contribution in [3.8, 4) is 0 Å². The number of H-pyrrole nitrogens is 1. The normalized spacial score (nSPS) is 19.3. The summed E-state index contributed by atoms with van der Waals surface area (Å²) in [5.41, 5.74) is 4.60. The summed E-state index contributed by atoms with van der Waals surface area (Å²) < 4.78 is 6.82. The van der Waals surface area contributed by atoms with Gasteiger partial charge in [-0.1, -0.05) is 12.1 Å². The first-order chi connectivity index (χ1) is 13.8. The molecule has 0 bridgehead atoms. The number of hydrogen-bond acceptors (Lipinski definition) is 5. The van der Waals surface area contributed by atoms with Gasteiger partial charge in [0.15, 0.2) is 0 Å². The van der Waals surface area contributed by atoms with Crippen molar-refractivity contribution in [3.05, 3.63) is 46.2 Å². The largest absolute Gasteiger partial charge is 0.376 e. The van der Waals surface area contributed by atoms with Crippen LogP contribution in [0.2, 0.25) is 0 Å². The van der Waals surface area contributed by atoms with Crippen LogP contribution in [0.4, 0.5) is 0 Å². The molecule has 1 aromatic carbocycles. The highest BCUT2D eigenvalue weighted by atomic mass is 32.1. The maximum Gasteiger partial charge on any atom is 0.222 e. The number of hydrogen-bond donors (Lipinski definition) is 1. The highest BCUT2D eigenvalue weighted by Crippen LogP contribution is 2.32. The van der Waals surface area contributed by atoms with Crippen LogP contribution in [0.3, 0.4) is 0 Å². The van der Waals surface area contributed by atoms with Gasteiger partial charge in [0.25, 0.3) is 0 Å². The van der Waals surface area contributed by atoms with Crippen LogP contribution in [0.5, 0.6) is 0 Å². The van der Waals surface area contributed by atoms with Gasteiger partial charge in [0.2, 0.25) is 5.91 Å². The summed E-state index contributed by atoms with van der Waals surface area (Å²) in [6, 6.07) is 8.20. The van der Waals surface area contributed by atoms with Crippen molar-refractivity contribution in [2.75, 3.05) is 19.7 Å². The van der Waals surface area contributed by atoms with E-state index in [0.29, 0.717) is 18.9 Å². The molecule has 0 saturated carbocycles. The number of aryl methyl sites for hydroxylation is 1. The molecular weight excluding hydrogens is 372 g/mol. The molecule has 1 N–H and O–H groups in total. The van der Waals surface area contributed by atoms with Crippen molar-refractivity contribution in [1.29, 1.82) is 0 Å². The number of benzene rings is 1. The predicted octanol–water partition coefficient (Wildman–Crippen LogP) is 3.43. The molecule has 2 aromatic heterocycles. The first-order valence-electron chi connectivity index (χ1n) is 10.0. The first kappa shape index (κ1) is 17.8. The van der Waals surface area contributed by atoms with Crippen LogP contribution in [0, 0.1) is 0 Å². The van der Waals surface area contributed by atoms with Gasteiger partial charge in [-0.2, -0.15) is 5.10 Å². The Kier molecular flexibility index (Phi) is 4.86. The molecule has 0 spiro atoms. The Labute approximate surface area is 167 Å². The van der Waals surface area contributed by atoms with Gasteiger partial charge in [0.05, 0.1) is 34.1 Å². The molecule has 1 amide bonds. The van der Waals surface area contributed by atoms with Crippen molar-refractivity contribution < 1.29 is 9.53 Å². The minimum absolute atomic E-state index is 0.254. The Morgan fingerprint density at radius 3 is 3.21 bits per heavy atom. The number of aromatic amines is 1. The third-order valence-corrected chi connectivity index (χ3v) is 6.87. The minimum atomic E-state index is 0.254. The van der Waals surface area contributed by atoms with Crippen molar-refractivity contribution in [2.24, 2.45) is 0 Å². The van der Waals surface area contributed by atoms with E-state index in [-0.39, 0.29) is 5.91 Å². The van der Waals surface area contributed by atoms with Crippen LogP contribution in [-0.2, 0) is 29.0 Å². The third-order valence-electron chi connectivity index (χ3n) is 5.77. The molecule has 2 aliphatic rings. The fourth-order valence-electron chi connectivity index (χ4n) is 4.26. The molecule has 28 heavy (non-hydrogen) atoms. The van der Waals surface area contributed by atoms with Crippen molar-refractivity contribution >= 4 is 27.5 Å². The van der Waals surface area contributed by atoms with Crippen LogP contribution in [0.25, 0.3) is 10.2 Å². The van der Waals surface area contributed by atoms with Gasteiger partial charge in [-0.05, 0) is 31.4 Å². The van der Waals surface area contributed by atoms with Crippen LogP contribution < -0.4 is 0 Å². The maximum atomic E-state index is 12.7. The van der Waals surface area contributed by atoms with Crippen LogP contribution >= 0.6 is 11.3 Å². The summed E-state index contributed by atoms with van der Waals surface area (Å²) in [6.07, 6.45) is 4.20. The number of nitrogens with zero attached hydrogens (tertiary/aromatic N) is 3. The van der Waals surface area contributed by atoms with Crippen LogP contribution in [0.1, 0.15) is 47.1 Å². The van der Waals surface area contributed by atoms with Crippen LogP contribution in [0.15, 0.2) is 24.3 Å². The van der Waals surface area contributed by atoms with Gasteiger partial charge in [-0.25, -0.2) is 4.98 Å². The molecule has 4 heterocycles. The van der Waals surface area contributed by atoms with Crippen molar-refractivity contribution in [3.63, 3.8) is 0 Å². The third kappa shape index (κ3) is 3.44. The fourth-order valence-corrected chi connectivity index (χ4v) is 5.27. The number of para-hydroxylation sites is 1. The Bertz CT molecular complexity index is 962. The lowest BCUT2D eigenvalue weighted by Gasteiger charge is -2.17. The SMILES string of the molecule is O=C(CCCc1nc2ccccc2s1)N1CCC(c2n[nH]c3c2COCC3)C1. The second kappa shape index (κ2) is 7.64. The number of amides is 1. The topological polar surface area (TPSA) is 71.1 Å². The summed E-state index contributed by atoms with van der Waals surface area (Å²) in [7, 11) is 0. The lowest BCUT2D eigenvalue weighted by Crippen LogP contribution is -2.28. The second-order valence-corrected chi connectivity index (χ2v) is 8.74. The number of carbonyl (C=O) groups is 1. The molecule has 2 aliphatic heterocycles. The van der Waals surface area contributed by atoms with E-state index in [1.807, 2.05) is 23.1 Å². The number of thiazole rings is 1. The fraction of sp³-hybridized carbons (Fsp3) is 0.476. The van der Waals surface area contributed by atoms with E-state index in [0.717, 1.165) is 61.6 Å². The highest BCUT2D eigenvalue weighted by molar-refractivity contribution is 7.18. The van der Waals surface area contributed by atoms with E-state index >= 15 is 0 Å². The number of carbonyl (C=O) groups excluding carboxylic acids is 1. The molecule has 6 nitrogen and oxygen atoms in total. The second-order valence-electron chi connectivity index (χ2n) is 7.62. The summed E-state index contributed by atoms with van der Waals surface area (Å²) >= 11 is 1.73. The smallest absolute Gasteiger partial charge is 0.222 e. The van der Waals surface area contributed by atoms with E-state index < -0.39 is 0 Å². The minimum Gasteiger partial charge on any atom is -0.376 e. The quantitative estimate of drug-likeness (QED) is 0.717. The standard InChI is InChI=1S/C21H24N4O2S/c26-20(7-3-6-19-22-17-4-1-2-5-18(17)28-19)25-10-8-14(12-25)21-15-13-27-11-9-16(15)23-24-21/h1-2,4-5,14H,3,6-13H2,(H,23,24). The Hall–Kier alpha value is -2.25. The van der Waals surface area contributed by atoms with Gasteiger partial charge >= 0.3 is 0 Å². The van der Waals surface area contributed by atoms with E-state index in [9.17, 15) is 4.79 Å². The Morgan fingerprint density at radius 2 is 2.29 bits per heavy atom. The zero-order chi connectivity index (χ0) is 18.9. The molecule has 5 rings (SSSR count). The number of ether oxygens (including phenoxy) is 1. The van der Waals surface area contributed by atoms with Crippen molar-refractivity contribution in [2.45, 2.75) is 44.6 Å². The highest BCUT2D eigenvalue weighted by Gasteiger charge is 2.31. The summed E-state index contributed by atoms with van der Waals surface area (Å²) in [5.74, 6) is 0.583. The molecule has 146 valence electrons. The number of nitrogens with one attached hydrogen (secondary N) is 1. The van der Waals surface area contributed by atoms with Gasteiger partial charge in [-0.15, -0.1) is 11.3 Å². The lowest BCUT2D eigenvalue weighted by atomic mass is 9.98. The number of likely N-dealkylation sites (tertiary alicyclic amines) is 1. The molecule has 1 saturated heterocycles. The summed E-state index contributed by atoms with van der Waals surface area (Å²) in [6.45, 7) is 3.01. The number of rotatable bonds is 5. The Balaban J connectivity index is 1.15. The molecule has 0 radical (unpaired) electrons. The monoisotopic (exact) mass is 396 g/mol. The average Bonchev–Trinajstić information content (AvgIpc) is 3.44. The zero-order valence-corrected chi connectivity index (χ0v) is 16.6. The van der Waals surface area contributed by atoms with Crippen molar-refractivity contribution in [1.82, 2.24) is 20.1 Å². The maximum absolute atomic E-state index is 12.7. The van der Waals surface area contributed by atoms with E-state index in [2.05, 4.69) is 21.2 Å². The molecule has 3 aromatic rings.